The molecule has 59 heavy (non-hydrogen) atoms. The van der Waals surface area contributed by atoms with E-state index in [1.165, 1.54) is 27.2 Å². The fraction of sp³-hybridized carbons (Fsp3) is 0.568. The number of carbonyl (C=O) groups excluding carboxylic acids is 3. The van der Waals surface area contributed by atoms with Crippen molar-refractivity contribution in [3.8, 4) is 17.2 Å². The smallest absolute Gasteiger partial charge is 0.312 e. The second-order valence-electron chi connectivity index (χ2n) is 17.6. The van der Waals surface area contributed by atoms with Crippen LogP contribution in [0.15, 0.2) is 46.1 Å². The lowest BCUT2D eigenvalue weighted by Crippen LogP contribution is -2.51. The van der Waals surface area contributed by atoms with Crippen LogP contribution in [-0.2, 0) is 23.8 Å². The first-order chi connectivity index (χ1) is 27.6. The van der Waals surface area contributed by atoms with Gasteiger partial charge in [-0.2, -0.15) is 0 Å². The second-order valence-corrected chi connectivity index (χ2v) is 17.6. The van der Waals surface area contributed by atoms with Crippen molar-refractivity contribution in [2.75, 3.05) is 39.6 Å². The third-order valence-corrected chi connectivity index (χ3v) is 12.8. The van der Waals surface area contributed by atoms with Crippen molar-refractivity contribution in [2.24, 2.45) is 33.7 Å². The number of nitrogens with one attached hydrogen (secondary N) is 1. The average molecular weight is 820 g/mol. The first-order valence-corrected chi connectivity index (χ1v) is 20.2. The highest BCUT2D eigenvalue weighted by atomic mass is 16.7. The molecule has 4 aliphatic rings. The summed E-state index contributed by atoms with van der Waals surface area (Å²) in [4.78, 5) is 51.1. The zero-order valence-electron chi connectivity index (χ0n) is 35.8. The van der Waals surface area contributed by atoms with Crippen LogP contribution in [-0.4, -0.2) is 113 Å². The number of nitrogens with zero attached hydrogens (tertiary/aromatic N) is 3. The second kappa shape index (κ2) is 16.0. The predicted molar refractivity (Wildman–Crippen MR) is 218 cm³/mol. The zero-order valence-corrected chi connectivity index (χ0v) is 35.8. The van der Waals surface area contributed by atoms with Crippen LogP contribution < -0.4 is 20.8 Å². The number of carbonyl (C=O) groups is 3. The number of esters is 1. The van der Waals surface area contributed by atoms with Gasteiger partial charge in [-0.25, -0.2) is 0 Å². The number of amides is 1. The third-order valence-electron chi connectivity index (χ3n) is 12.8. The molecule has 6 rings (SSSR count). The number of ether oxygens (including phenoxy) is 4. The molecule has 1 spiro atoms. The number of quaternary nitrogens is 1. The SMILES string of the molecule is CO[C@H]1/C=C/O[C@@]2(C)Oc3c(C)c(O)c4c(O)c(c5c(c4c3C2=O)=NC2(CC[N+](C)(C)CC2)N=5)NC(=O)/C(C)=C\C=C\[C@H](C)[C@H](O)[C@@H](C)[C@@H](O)[C@@H](C)[C@H](OC(C)=O)[C@@H]1C. The number of hydrogen-bond acceptors (Lipinski definition) is 13. The zero-order chi connectivity index (χ0) is 43.5. The van der Waals surface area contributed by atoms with Crippen LogP contribution in [0.4, 0.5) is 5.69 Å². The van der Waals surface area contributed by atoms with Crippen LogP contribution >= 0.6 is 0 Å². The number of aliphatic hydroxyl groups is 2. The van der Waals surface area contributed by atoms with E-state index in [0.717, 1.165) is 17.6 Å². The number of aromatic hydroxyl groups is 2. The Morgan fingerprint density at radius 3 is 2.20 bits per heavy atom. The fourth-order valence-electron chi connectivity index (χ4n) is 8.79. The van der Waals surface area contributed by atoms with Crippen molar-refractivity contribution in [2.45, 2.75) is 104 Å². The summed E-state index contributed by atoms with van der Waals surface area (Å²) in [6, 6.07) is 0. The lowest BCUT2D eigenvalue weighted by molar-refractivity contribution is -0.896. The number of ketones is 1. The molecular formula is C44H59N4O11+. The van der Waals surface area contributed by atoms with Gasteiger partial charge in [0, 0.05) is 74.0 Å². The highest BCUT2D eigenvalue weighted by Gasteiger charge is 2.50. The van der Waals surface area contributed by atoms with Gasteiger partial charge < -0.3 is 49.2 Å². The maximum absolute atomic E-state index is 14.7. The molecule has 0 unspecified atom stereocenters. The molecule has 4 bridgehead atoms. The van der Waals surface area contributed by atoms with Gasteiger partial charge in [0.05, 0.1) is 68.1 Å². The standard InChI is InChI=1S/C44H58N4O11/c1-21-13-12-14-22(2)42(55)45-34-33-32(46-44(47-33)16-18-48(9,10)19-17-44)29-30(38(34)53)37(52)26(6)40-31(29)41(54)43(8,59-40)57-20-15-28(56-11)23(3)39(58-27(7)49)25(5)36(51)24(4)35(21)50/h12-15,20-21,23-25,28,35-36,39,50-51H,16-19H2,1-11H3,(H2-,45,46,47,52,53,54,55)/p+1/b13-12+,20-15+,22-14-/t21-,23+,24+,25+,28-,35-,36+,39+,43-/m0/s1. The number of hydrogen-bond donors (Lipinski definition) is 5. The Bertz CT molecular complexity index is 2270. The monoisotopic (exact) mass is 819 g/mol. The van der Waals surface area contributed by atoms with Crippen molar-refractivity contribution < 1.29 is 58.2 Å². The Balaban J connectivity index is 1.56. The van der Waals surface area contributed by atoms with Gasteiger partial charge in [0.15, 0.2) is 11.4 Å². The molecule has 0 aromatic heterocycles. The van der Waals surface area contributed by atoms with Gasteiger partial charge >= 0.3 is 11.8 Å². The van der Waals surface area contributed by atoms with Crippen molar-refractivity contribution in [3.63, 3.8) is 0 Å². The van der Waals surface area contributed by atoms with Gasteiger partial charge in [-0.1, -0.05) is 45.9 Å². The number of methoxy groups -OCH3 is 1. The molecule has 1 amide bonds. The number of piperidine rings is 1. The van der Waals surface area contributed by atoms with Gasteiger partial charge in [-0.05, 0) is 19.9 Å². The van der Waals surface area contributed by atoms with E-state index in [0.29, 0.717) is 12.8 Å². The van der Waals surface area contributed by atoms with Crippen LogP contribution in [0.1, 0.15) is 77.2 Å². The average Bonchev–Trinajstić information content (AvgIpc) is 3.69. The van der Waals surface area contributed by atoms with E-state index in [4.69, 9.17) is 28.9 Å². The summed E-state index contributed by atoms with van der Waals surface area (Å²) in [7, 11) is 5.71. The summed E-state index contributed by atoms with van der Waals surface area (Å²) in [6.07, 6.45) is 5.06. The maximum atomic E-state index is 14.7. The Labute approximate surface area is 344 Å². The van der Waals surface area contributed by atoms with E-state index >= 15 is 0 Å². The summed E-state index contributed by atoms with van der Waals surface area (Å²) in [5, 5.41) is 50.0. The number of likely N-dealkylation sites (tertiary alicyclic amines) is 1. The topological polar surface area (TPSA) is 206 Å². The van der Waals surface area contributed by atoms with Crippen molar-refractivity contribution in [1.82, 2.24) is 0 Å². The molecule has 1 fully saturated rings. The molecule has 2 aromatic rings. The molecule has 9 atom stereocenters. The Morgan fingerprint density at radius 2 is 1.58 bits per heavy atom. The molecule has 0 aliphatic carbocycles. The van der Waals surface area contributed by atoms with Crippen LogP contribution in [0.2, 0.25) is 0 Å². The van der Waals surface area contributed by atoms with Gasteiger partial charge in [-0.3, -0.25) is 24.4 Å². The number of benzene rings is 2. The number of phenolic OH excluding ortho intramolecular Hbond substituents is 2. The lowest BCUT2D eigenvalue weighted by atomic mass is 9.78. The van der Waals surface area contributed by atoms with E-state index in [1.54, 1.807) is 65.8 Å². The number of Topliss-reactive ketones (excluding diaryl/α,β-unsaturated/α-hetero) is 1. The first kappa shape index (κ1) is 43.7. The highest BCUT2D eigenvalue weighted by Crippen LogP contribution is 2.50. The minimum absolute atomic E-state index is 0.0361. The van der Waals surface area contributed by atoms with Gasteiger partial charge in [0.2, 0.25) is 0 Å². The molecule has 4 heterocycles. The number of phenols is 2. The molecule has 1 saturated heterocycles. The molecular weight excluding hydrogens is 761 g/mol. The number of allylic oxidation sites excluding steroid dienone is 2. The fourth-order valence-corrected chi connectivity index (χ4v) is 8.79. The maximum Gasteiger partial charge on any atom is 0.312 e. The molecule has 2 aromatic carbocycles. The molecule has 15 nitrogen and oxygen atoms in total. The number of rotatable bonds is 2. The van der Waals surface area contributed by atoms with Crippen molar-refractivity contribution >= 4 is 34.1 Å². The van der Waals surface area contributed by atoms with Gasteiger partial charge in [0.25, 0.3) is 11.7 Å². The summed E-state index contributed by atoms with van der Waals surface area (Å²) >= 11 is 0. The van der Waals surface area contributed by atoms with Crippen LogP contribution in [0.3, 0.4) is 0 Å². The van der Waals surface area contributed by atoms with E-state index < -0.39 is 82.9 Å². The molecule has 320 valence electrons. The highest BCUT2D eigenvalue weighted by molar-refractivity contribution is 6.19. The van der Waals surface area contributed by atoms with Crippen LogP contribution in [0.5, 0.6) is 17.2 Å². The Hall–Kier alpha value is -4.83. The van der Waals surface area contributed by atoms with E-state index in [1.807, 2.05) is 0 Å². The third kappa shape index (κ3) is 7.85. The lowest BCUT2D eigenvalue weighted by Gasteiger charge is -2.39. The summed E-state index contributed by atoms with van der Waals surface area (Å²) < 4.78 is 24.7. The first-order valence-electron chi connectivity index (χ1n) is 20.2. The van der Waals surface area contributed by atoms with E-state index in [-0.39, 0.29) is 55.4 Å². The van der Waals surface area contributed by atoms with E-state index in [2.05, 4.69) is 19.4 Å². The Kier molecular flexibility index (Phi) is 11.8. The van der Waals surface area contributed by atoms with Crippen molar-refractivity contribution in [1.29, 1.82) is 0 Å². The largest absolute Gasteiger partial charge is 0.507 e. The summed E-state index contributed by atoms with van der Waals surface area (Å²) in [5.74, 6) is -6.89. The molecule has 15 heteroatoms. The molecule has 5 N–H and O–H groups in total. The summed E-state index contributed by atoms with van der Waals surface area (Å²) in [6.45, 7) is 14.4. The minimum atomic E-state index is -1.95. The van der Waals surface area contributed by atoms with Crippen molar-refractivity contribution in [3.05, 3.63) is 58.0 Å². The minimum Gasteiger partial charge on any atom is -0.507 e. The number of anilines is 1. The Morgan fingerprint density at radius 1 is 0.932 bits per heavy atom. The molecule has 4 aliphatic heterocycles. The number of fused-ring (bicyclic) bond motifs is 1. The quantitative estimate of drug-likeness (QED) is 0.167. The number of aliphatic hydroxyl groups excluding tert-OH is 2. The molecule has 0 radical (unpaired) electrons. The van der Waals surface area contributed by atoms with Gasteiger partial charge in [0.1, 0.15) is 28.6 Å². The van der Waals surface area contributed by atoms with Crippen LogP contribution in [0, 0.1) is 30.6 Å². The normalized spacial score (nSPS) is 33.8. The predicted octanol–water partition coefficient (Wildman–Crippen LogP) is 3.87. The van der Waals surface area contributed by atoms with Crippen LogP contribution in [0.25, 0.3) is 10.8 Å². The van der Waals surface area contributed by atoms with E-state index in [9.17, 15) is 34.8 Å². The summed E-state index contributed by atoms with van der Waals surface area (Å²) in [5.41, 5.74) is -0.559. The molecule has 0 saturated carbocycles. The van der Waals surface area contributed by atoms with Gasteiger partial charge in [-0.15, -0.1) is 0 Å².